The molecule has 2 nitrogen and oxygen atoms in total. The fourth-order valence-electron chi connectivity index (χ4n) is 2.49. The predicted molar refractivity (Wildman–Crippen MR) is 75.8 cm³/mol. The van der Waals surface area contributed by atoms with Gasteiger partial charge in [0.1, 0.15) is 5.82 Å². The van der Waals surface area contributed by atoms with Crippen LogP contribution in [-0.2, 0) is 12.0 Å². The lowest BCUT2D eigenvalue weighted by Gasteiger charge is -2.12. The van der Waals surface area contributed by atoms with E-state index in [1.54, 1.807) is 12.1 Å². The molecule has 0 unspecified atom stereocenters. The number of rotatable bonds is 4. The van der Waals surface area contributed by atoms with Crippen LogP contribution in [0, 0.1) is 5.82 Å². The molecule has 1 aliphatic carbocycles. The summed E-state index contributed by atoms with van der Waals surface area (Å²) in [6, 6.07) is 10.5. The van der Waals surface area contributed by atoms with E-state index in [1.165, 1.54) is 30.3 Å². The molecule has 0 aromatic heterocycles. The highest BCUT2D eigenvalue weighted by atomic mass is 19.3. The number of benzene rings is 2. The van der Waals surface area contributed by atoms with Crippen molar-refractivity contribution in [1.29, 1.82) is 0 Å². The summed E-state index contributed by atoms with van der Waals surface area (Å²) in [5, 5.41) is 18.5. The third kappa shape index (κ3) is 3.15. The average Bonchev–Trinajstić information content (AvgIpc) is 3.17. The van der Waals surface area contributed by atoms with E-state index in [2.05, 4.69) is 0 Å². The fourth-order valence-corrected chi connectivity index (χ4v) is 2.49. The predicted octanol–water partition coefficient (Wildman–Crippen LogP) is 3.60. The smallest absolute Gasteiger partial charge is 0.357 e. The summed E-state index contributed by atoms with van der Waals surface area (Å²) in [5.41, 5.74) is 0.827. The van der Waals surface area contributed by atoms with Crippen LogP contribution in [0.1, 0.15) is 24.0 Å². The van der Waals surface area contributed by atoms with Gasteiger partial charge in [0, 0.05) is 5.56 Å². The molecule has 0 heterocycles. The van der Waals surface area contributed by atoms with E-state index in [4.69, 9.17) is 5.11 Å². The van der Waals surface area contributed by atoms with Gasteiger partial charge in [-0.15, -0.1) is 0 Å². The lowest BCUT2D eigenvalue weighted by atomic mass is 9.99. The van der Waals surface area contributed by atoms with Gasteiger partial charge in [-0.2, -0.15) is 8.78 Å². The highest BCUT2D eigenvalue weighted by Gasteiger charge is 2.42. The van der Waals surface area contributed by atoms with Gasteiger partial charge < -0.3 is 10.2 Å². The maximum Gasteiger partial charge on any atom is 0.357 e. The second-order valence-corrected chi connectivity index (χ2v) is 5.77. The molecule has 1 aliphatic rings. The van der Waals surface area contributed by atoms with Gasteiger partial charge in [0.2, 0.25) is 0 Å². The Morgan fingerprint density at radius 1 is 1.05 bits per heavy atom. The second-order valence-electron chi connectivity index (χ2n) is 5.77. The van der Waals surface area contributed by atoms with Crippen molar-refractivity contribution >= 4 is 0 Å². The Balaban J connectivity index is 1.85. The minimum atomic E-state index is -3.76. The van der Waals surface area contributed by atoms with Gasteiger partial charge in [0.15, 0.2) is 0 Å². The maximum atomic E-state index is 14.2. The molecule has 2 aromatic rings. The molecule has 0 aliphatic heterocycles. The lowest BCUT2D eigenvalue weighted by Crippen LogP contribution is -2.17. The standard InChI is InChI=1S/C17H15F3O2/c18-15-9-13(16(21)7-8-16)5-6-14(15)12-3-1-11(2-4-12)10-17(19,20)22/h1-6,9,21-22H,7-8,10H2. The Labute approximate surface area is 125 Å². The first kappa shape index (κ1) is 15.1. The van der Waals surface area contributed by atoms with Gasteiger partial charge >= 0.3 is 6.11 Å². The van der Waals surface area contributed by atoms with Gasteiger partial charge in [-0.3, -0.25) is 0 Å². The Morgan fingerprint density at radius 3 is 2.18 bits per heavy atom. The molecule has 116 valence electrons. The number of halogens is 3. The molecular formula is C17H15F3O2. The molecule has 0 bridgehead atoms. The van der Waals surface area contributed by atoms with E-state index in [0.29, 0.717) is 29.5 Å². The quantitative estimate of drug-likeness (QED) is 0.906. The summed E-state index contributed by atoms with van der Waals surface area (Å²) < 4.78 is 39.3. The molecule has 0 atom stereocenters. The maximum absolute atomic E-state index is 14.2. The monoisotopic (exact) mass is 308 g/mol. The molecule has 22 heavy (non-hydrogen) atoms. The molecule has 5 heteroatoms. The van der Waals surface area contributed by atoms with Crippen molar-refractivity contribution in [1.82, 2.24) is 0 Å². The molecular weight excluding hydrogens is 293 g/mol. The molecule has 0 radical (unpaired) electrons. The van der Waals surface area contributed by atoms with E-state index >= 15 is 0 Å². The number of alkyl halides is 2. The van der Waals surface area contributed by atoms with Gasteiger partial charge in [-0.25, -0.2) is 4.39 Å². The third-order valence-corrected chi connectivity index (χ3v) is 3.91. The van der Waals surface area contributed by atoms with Crippen molar-refractivity contribution in [2.24, 2.45) is 0 Å². The largest absolute Gasteiger partial charge is 0.385 e. The molecule has 0 saturated heterocycles. The Kier molecular flexibility index (Phi) is 3.50. The molecule has 2 aromatic carbocycles. The van der Waals surface area contributed by atoms with E-state index in [0.717, 1.165) is 0 Å². The van der Waals surface area contributed by atoms with Gasteiger partial charge in [-0.1, -0.05) is 36.4 Å². The fraction of sp³-hybridized carbons (Fsp3) is 0.294. The molecule has 1 fully saturated rings. The van der Waals surface area contributed by atoms with Crippen molar-refractivity contribution in [2.75, 3.05) is 0 Å². The molecule has 0 spiro atoms. The summed E-state index contributed by atoms with van der Waals surface area (Å²) >= 11 is 0. The Bertz CT molecular complexity index is 686. The average molecular weight is 308 g/mol. The molecule has 0 amide bonds. The SMILES string of the molecule is OC(F)(F)Cc1ccc(-c2ccc(C3(O)CC3)cc2F)cc1. The van der Waals surface area contributed by atoms with Crippen LogP contribution in [0.2, 0.25) is 0 Å². The van der Waals surface area contributed by atoms with Crippen LogP contribution in [0.4, 0.5) is 13.2 Å². The van der Waals surface area contributed by atoms with Crippen molar-refractivity contribution in [3.05, 3.63) is 59.4 Å². The van der Waals surface area contributed by atoms with E-state index in [1.807, 2.05) is 0 Å². The van der Waals surface area contributed by atoms with E-state index < -0.39 is 23.9 Å². The minimum Gasteiger partial charge on any atom is -0.385 e. The summed E-state index contributed by atoms with van der Waals surface area (Å²) in [4.78, 5) is 0. The Morgan fingerprint density at radius 2 is 1.68 bits per heavy atom. The highest BCUT2D eigenvalue weighted by molar-refractivity contribution is 5.65. The van der Waals surface area contributed by atoms with Gasteiger partial charge in [0.05, 0.1) is 12.0 Å². The van der Waals surface area contributed by atoms with Crippen LogP contribution < -0.4 is 0 Å². The first-order valence-corrected chi connectivity index (χ1v) is 6.99. The molecule has 2 N–H and O–H groups in total. The van der Waals surface area contributed by atoms with Crippen LogP contribution >= 0.6 is 0 Å². The van der Waals surface area contributed by atoms with Crippen LogP contribution in [0.15, 0.2) is 42.5 Å². The van der Waals surface area contributed by atoms with Crippen LogP contribution in [0.25, 0.3) is 11.1 Å². The molecule has 3 rings (SSSR count). The summed E-state index contributed by atoms with van der Waals surface area (Å²) in [5.74, 6) is -0.460. The van der Waals surface area contributed by atoms with Gasteiger partial charge in [-0.05, 0) is 35.6 Å². The lowest BCUT2D eigenvalue weighted by molar-refractivity contribution is -0.196. The highest BCUT2D eigenvalue weighted by Crippen LogP contribution is 2.45. The summed E-state index contributed by atoms with van der Waals surface area (Å²) in [6.07, 6.45) is -3.26. The zero-order valence-corrected chi connectivity index (χ0v) is 11.7. The minimum absolute atomic E-state index is 0.264. The van der Waals surface area contributed by atoms with Crippen LogP contribution in [0.3, 0.4) is 0 Å². The van der Waals surface area contributed by atoms with Gasteiger partial charge in [0.25, 0.3) is 0 Å². The van der Waals surface area contributed by atoms with Crippen molar-refractivity contribution in [2.45, 2.75) is 31.0 Å². The normalized spacial score (nSPS) is 16.6. The zero-order valence-electron chi connectivity index (χ0n) is 11.7. The van der Waals surface area contributed by atoms with Crippen molar-refractivity contribution in [3.8, 4) is 11.1 Å². The van der Waals surface area contributed by atoms with Crippen molar-refractivity contribution in [3.63, 3.8) is 0 Å². The first-order valence-electron chi connectivity index (χ1n) is 6.99. The Hall–Kier alpha value is -1.85. The third-order valence-electron chi connectivity index (χ3n) is 3.91. The molecule has 1 saturated carbocycles. The van der Waals surface area contributed by atoms with Crippen molar-refractivity contribution < 1.29 is 23.4 Å². The van der Waals surface area contributed by atoms with Crippen LogP contribution in [0.5, 0.6) is 0 Å². The summed E-state index contributed by atoms with van der Waals surface area (Å²) in [6.45, 7) is 0. The second kappa shape index (κ2) is 5.11. The number of hydrogen-bond donors (Lipinski definition) is 2. The topological polar surface area (TPSA) is 40.5 Å². The van der Waals surface area contributed by atoms with E-state index in [-0.39, 0.29) is 5.56 Å². The number of aliphatic hydroxyl groups is 2. The van der Waals surface area contributed by atoms with Crippen LogP contribution in [-0.4, -0.2) is 16.3 Å². The summed E-state index contributed by atoms with van der Waals surface area (Å²) in [7, 11) is 0. The first-order chi connectivity index (χ1) is 10.3. The number of hydrogen-bond acceptors (Lipinski definition) is 2. The van der Waals surface area contributed by atoms with E-state index in [9.17, 15) is 18.3 Å². The zero-order chi connectivity index (χ0) is 16.0.